The third kappa shape index (κ3) is 2.72. The molecular formula is C13H6F6. The quantitative estimate of drug-likeness (QED) is 0.657. The van der Waals surface area contributed by atoms with Crippen LogP contribution in [0.5, 0.6) is 0 Å². The Labute approximate surface area is 104 Å². The highest BCUT2D eigenvalue weighted by Crippen LogP contribution is 2.32. The largest absolute Gasteiger partial charge is 0.416 e. The van der Waals surface area contributed by atoms with Gasteiger partial charge in [-0.1, -0.05) is 12.1 Å². The first-order valence-electron chi connectivity index (χ1n) is 5.11. The molecule has 0 atom stereocenters. The predicted molar refractivity (Wildman–Crippen MR) is 56.8 cm³/mol. The maximum atomic E-state index is 13.4. The Balaban J connectivity index is 2.49. The molecule has 0 saturated heterocycles. The van der Waals surface area contributed by atoms with E-state index < -0.39 is 34.8 Å². The minimum absolute atomic E-state index is 0.0944. The van der Waals surface area contributed by atoms with E-state index >= 15 is 0 Å². The Morgan fingerprint density at radius 2 is 1.21 bits per heavy atom. The molecule has 0 aliphatic carbocycles. The molecule has 0 radical (unpaired) electrons. The monoisotopic (exact) mass is 276 g/mol. The summed E-state index contributed by atoms with van der Waals surface area (Å²) in [4.78, 5) is 0. The SMILES string of the molecule is Fc1cc(F)c(-c2ccc(C(F)(F)F)cc2)c(F)c1. The number of rotatable bonds is 1. The molecule has 0 bridgehead atoms. The van der Waals surface area contributed by atoms with Gasteiger partial charge >= 0.3 is 6.18 Å². The summed E-state index contributed by atoms with van der Waals surface area (Å²) in [7, 11) is 0. The molecule has 0 spiro atoms. The number of hydrogen-bond acceptors (Lipinski definition) is 0. The van der Waals surface area contributed by atoms with Crippen molar-refractivity contribution in [1.82, 2.24) is 0 Å². The molecular weight excluding hydrogens is 270 g/mol. The average Bonchev–Trinajstić information content (AvgIpc) is 2.27. The molecule has 0 amide bonds. The normalized spacial score (nSPS) is 11.7. The Morgan fingerprint density at radius 3 is 1.63 bits per heavy atom. The van der Waals surface area contributed by atoms with Crippen molar-refractivity contribution >= 4 is 0 Å². The van der Waals surface area contributed by atoms with Gasteiger partial charge in [-0.05, 0) is 17.7 Å². The van der Waals surface area contributed by atoms with Crippen LogP contribution in [0.2, 0.25) is 0 Å². The van der Waals surface area contributed by atoms with Crippen molar-refractivity contribution in [1.29, 1.82) is 0 Å². The molecule has 19 heavy (non-hydrogen) atoms. The molecule has 0 heterocycles. The van der Waals surface area contributed by atoms with Gasteiger partial charge < -0.3 is 0 Å². The van der Waals surface area contributed by atoms with Crippen LogP contribution in [0.1, 0.15) is 5.56 Å². The lowest BCUT2D eigenvalue weighted by Gasteiger charge is -2.09. The number of hydrogen-bond donors (Lipinski definition) is 0. The van der Waals surface area contributed by atoms with Crippen LogP contribution >= 0.6 is 0 Å². The first kappa shape index (κ1) is 13.5. The van der Waals surface area contributed by atoms with Crippen molar-refractivity contribution < 1.29 is 26.3 Å². The molecule has 2 rings (SSSR count). The zero-order valence-corrected chi connectivity index (χ0v) is 9.23. The second-order valence-corrected chi connectivity index (χ2v) is 3.82. The summed E-state index contributed by atoms with van der Waals surface area (Å²) < 4.78 is 76.6. The fourth-order valence-electron chi connectivity index (χ4n) is 1.64. The van der Waals surface area contributed by atoms with Crippen LogP contribution in [0.3, 0.4) is 0 Å². The highest BCUT2D eigenvalue weighted by molar-refractivity contribution is 5.65. The maximum Gasteiger partial charge on any atom is 0.416 e. The third-order valence-corrected chi connectivity index (χ3v) is 2.51. The average molecular weight is 276 g/mol. The Bertz CT molecular complexity index is 575. The van der Waals surface area contributed by atoms with Crippen LogP contribution in [-0.4, -0.2) is 0 Å². The van der Waals surface area contributed by atoms with E-state index in [1.54, 1.807) is 0 Å². The first-order valence-corrected chi connectivity index (χ1v) is 5.11. The van der Waals surface area contributed by atoms with Gasteiger partial charge in [0, 0.05) is 12.1 Å². The van der Waals surface area contributed by atoms with E-state index in [-0.39, 0.29) is 5.56 Å². The minimum Gasteiger partial charge on any atom is -0.207 e. The molecule has 0 saturated carbocycles. The van der Waals surface area contributed by atoms with Crippen molar-refractivity contribution in [2.24, 2.45) is 0 Å². The van der Waals surface area contributed by atoms with E-state index in [0.717, 1.165) is 12.1 Å². The number of benzene rings is 2. The molecule has 2 aromatic carbocycles. The lowest BCUT2D eigenvalue weighted by Crippen LogP contribution is -2.04. The Morgan fingerprint density at radius 1 is 0.737 bits per heavy atom. The van der Waals surface area contributed by atoms with Crippen molar-refractivity contribution in [3.05, 3.63) is 59.4 Å². The van der Waals surface area contributed by atoms with Gasteiger partial charge in [-0.3, -0.25) is 0 Å². The Hall–Kier alpha value is -1.98. The van der Waals surface area contributed by atoms with Crippen molar-refractivity contribution in [3.8, 4) is 11.1 Å². The lowest BCUT2D eigenvalue weighted by atomic mass is 10.0. The van der Waals surface area contributed by atoms with Crippen LogP contribution < -0.4 is 0 Å². The lowest BCUT2D eigenvalue weighted by molar-refractivity contribution is -0.137. The summed E-state index contributed by atoms with van der Waals surface area (Å²) in [5, 5.41) is 0. The van der Waals surface area contributed by atoms with E-state index in [2.05, 4.69) is 0 Å². The van der Waals surface area contributed by atoms with Gasteiger partial charge in [0.05, 0.1) is 11.1 Å². The summed E-state index contributed by atoms with van der Waals surface area (Å²) in [5.74, 6) is -3.43. The van der Waals surface area contributed by atoms with Crippen LogP contribution in [0, 0.1) is 17.5 Å². The molecule has 100 valence electrons. The highest BCUT2D eigenvalue weighted by Gasteiger charge is 2.30. The first-order chi connectivity index (χ1) is 8.79. The second-order valence-electron chi connectivity index (χ2n) is 3.82. The highest BCUT2D eigenvalue weighted by atomic mass is 19.4. The minimum atomic E-state index is -4.53. The zero-order valence-electron chi connectivity index (χ0n) is 9.23. The fourth-order valence-corrected chi connectivity index (χ4v) is 1.64. The summed E-state index contributed by atoms with van der Waals surface area (Å²) in [6, 6.07) is 4.21. The van der Waals surface area contributed by atoms with Gasteiger partial charge in [-0.15, -0.1) is 0 Å². The summed E-state index contributed by atoms with van der Waals surface area (Å²) in [6.07, 6.45) is -4.53. The van der Waals surface area contributed by atoms with E-state index in [4.69, 9.17) is 0 Å². The van der Waals surface area contributed by atoms with Crippen LogP contribution in [0.4, 0.5) is 26.3 Å². The van der Waals surface area contributed by atoms with Gasteiger partial charge in [0.2, 0.25) is 0 Å². The van der Waals surface area contributed by atoms with E-state index in [1.165, 1.54) is 0 Å². The van der Waals surface area contributed by atoms with Crippen molar-refractivity contribution in [2.45, 2.75) is 6.18 Å². The molecule has 6 heteroatoms. The fraction of sp³-hybridized carbons (Fsp3) is 0.0769. The van der Waals surface area contributed by atoms with Gasteiger partial charge in [-0.2, -0.15) is 13.2 Å². The smallest absolute Gasteiger partial charge is 0.207 e. The van der Waals surface area contributed by atoms with Crippen molar-refractivity contribution in [2.75, 3.05) is 0 Å². The second kappa shape index (κ2) is 4.60. The molecule has 0 unspecified atom stereocenters. The van der Waals surface area contributed by atoms with Crippen molar-refractivity contribution in [3.63, 3.8) is 0 Å². The van der Waals surface area contributed by atoms with Crippen LogP contribution in [-0.2, 0) is 6.18 Å². The van der Waals surface area contributed by atoms with E-state index in [9.17, 15) is 26.3 Å². The molecule has 0 aromatic heterocycles. The molecule has 2 aromatic rings. The molecule has 0 fully saturated rings. The summed E-state index contributed by atoms with van der Waals surface area (Å²) in [6.45, 7) is 0. The number of halogens is 6. The third-order valence-electron chi connectivity index (χ3n) is 2.51. The standard InChI is InChI=1S/C13H6F6/c14-9-5-10(15)12(11(16)6-9)7-1-3-8(4-2-7)13(17,18)19/h1-6H. The van der Waals surface area contributed by atoms with Gasteiger partial charge in [0.15, 0.2) is 0 Å². The zero-order chi connectivity index (χ0) is 14.2. The topological polar surface area (TPSA) is 0 Å². The van der Waals surface area contributed by atoms with Gasteiger partial charge in [0.25, 0.3) is 0 Å². The van der Waals surface area contributed by atoms with Crippen LogP contribution in [0.15, 0.2) is 36.4 Å². The summed E-state index contributed by atoms with van der Waals surface area (Å²) in [5.41, 5.74) is -1.59. The molecule has 0 aliphatic heterocycles. The maximum absolute atomic E-state index is 13.4. The molecule has 0 aliphatic rings. The number of alkyl halides is 3. The predicted octanol–water partition coefficient (Wildman–Crippen LogP) is 4.79. The van der Waals surface area contributed by atoms with Gasteiger partial charge in [-0.25, -0.2) is 13.2 Å². The van der Waals surface area contributed by atoms with E-state index in [1.807, 2.05) is 0 Å². The van der Waals surface area contributed by atoms with E-state index in [0.29, 0.717) is 24.3 Å². The summed E-state index contributed by atoms with van der Waals surface area (Å²) >= 11 is 0. The molecule has 0 N–H and O–H groups in total. The Kier molecular flexibility index (Phi) is 3.26. The molecule has 0 nitrogen and oxygen atoms in total. The van der Waals surface area contributed by atoms with Gasteiger partial charge in [0.1, 0.15) is 17.5 Å². The van der Waals surface area contributed by atoms with Crippen LogP contribution in [0.25, 0.3) is 11.1 Å².